The van der Waals surface area contributed by atoms with Gasteiger partial charge < -0.3 is 9.64 Å². The molecule has 1 saturated heterocycles. The average Bonchev–Trinajstić information content (AvgIpc) is 3.21. The molecular formula is C16H21NO4S2. The Labute approximate surface area is 140 Å². The van der Waals surface area contributed by atoms with Crippen molar-refractivity contribution < 1.29 is 17.9 Å². The van der Waals surface area contributed by atoms with Crippen LogP contribution >= 0.6 is 11.3 Å². The van der Waals surface area contributed by atoms with Gasteiger partial charge in [0.05, 0.1) is 18.4 Å². The molecule has 1 fully saturated rings. The molecule has 2 atom stereocenters. The lowest BCUT2D eigenvalue weighted by Gasteiger charge is -2.26. The van der Waals surface area contributed by atoms with E-state index in [-0.39, 0.29) is 30.1 Å². The van der Waals surface area contributed by atoms with E-state index in [1.807, 2.05) is 22.4 Å². The van der Waals surface area contributed by atoms with E-state index in [2.05, 4.69) is 0 Å². The number of nitrogens with zero attached hydrogens (tertiary/aromatic N) is 1. The summed E-state index contributed by atoms with van der Waals surface area (Å²) in [6.07, 6.45) is 4.00. The zero-order valence-corrected chi connectivity index (χ0v) is 14.5. The van der Waals surface area contributed by atoms with Crippen LogP contribution < -0.4 is 0 Å². The van der Waals surface area contributed by atoms with E-state index in [1.165, 1.54) is 5.41 Å². The van der Waals surface area contributed by atoms with Crippen molar-refractivity contribution in [3.05, 3.63) is 33.9 Å². The van der Waals surface area contributed by atoms with Gasteiger partial charge in [0.15, 0.2) is 9.84 Å². The first-order valence-corrected chi connectivity index (χ1v) is 10.4. The number of hydrogen-bond acceptors (Lipinski definition) is 5. The fourth-order valence-corrected chi connectivity index (χ4v) is 5.12. The van der Waals surface area contributed by atoms with Crippen LogP contribution in [0.5, 0.6) is 0 Å². The number of rotatable bonds is 6. The van der Waals surface area contributed by atoms with Gasteiger partial charge in [-0.25, -0.2) is 8.42 Å². The third-order valence-corrected chi connectivity index (χ3v) is 6.49. The second-order valence-electron chi connectivity index (χ2n) is 6.11. The summed E-state index contributed by atoms with van der Waals surface area (Å²) in [5.74, 6) is -0.158. The predicted molar refractivity (Wildman–Crippen MR) is 89.7 cm³/mol. The Morgan fingerprint density at radius 1 is 1.43 bits per heavy atom. The van der Waals surface area contributed by atoms with E-state index in [0.717, 1.165) is 24.3 Å². The van der Waals surface area contributed by atoms with Crippen molar-refractivity contribution in [2.75, 3.05) is 18.9 Å². The van der Waals surface area contributed by atoms with Gasteiger partial charge in [-0.2, -0.15) is 0 Å². The summed E-state index contributed by atoms with van der Waals surface area (Å²) in [4.78, 5) is 15.6. The van der Waals surface area contributed by atoms with Crippen LogP contribution in [0.15, 0.2) is 29.0 Å². The van der Waals surface area contributed by atoms with Crippen molar-refractivity contribution in [2.45, 2.75) is 31.9 Å². The predicted octanol–water partition coefficient (Wildman–Crippen LogP) is 2.20. The minimum Gasteiger partial charge on any atom is -0.376 e. The van der Waals surface area contributed by atoms with E-state index < -0.39 is 9.84 Å². The van der Waals surface area contributed by atoms with Crippen LogP contribution in [0.4, 0.5) is 0 Å². The maximum Gasteiger partial charge on any atom is 0.223 e. The first-order valence-electron chi connectivity index (χ1n) is 7.84. The summed E-state index contributed by atoms with van der Waals surface area (Å²) in [5.41, 5.74) is 0. The van der Waals surface area contributed by atoms with Gasteiger partial charge in [-0.3, -0.25) is 4.79 Å². The van der Waals surface area contributed by atoms with Gasteiger partial charge in [-0.1, -0.05) is 12.1 Å². The first kappa shape index (κ1) is 16.7. The molecule has 0 aromatic carbocycles. The summed E-state index contributed by atoms with van der Waals surface area (Å²) < 4.78 is 28.7. The molecule has 1 amide bonds. The summed E-state index contributed by atoms with van der Waals surface area (Å²) in [6, 6.07) is 3.99. The van der Waals surface area contributed by atoms with Gasteiger partial charge in [-0.15, -0.1) is 11.3 Å². The number of ether oxygens (including phenoxy) is 1. The van der Waals surface area contributed by atoms with Crippen LogP contribution in [0.1, 0.15) is 24.1 Å². The highest BCUT2D eigenvalue weighted by atomic mass is 32.2. The Kier molecular flexibility index (Phi) is 5.18. The lowest BCUT2D eigenvalue weighted by molar-refractivity contribution is -0.133. The molecule has 3 heterocycles. The third-order valence-electron chi connectivity index (χ3n) is 4.17. The maximum absolute atomic E-state index is 12.7. The second kappa shape index (κ2) is 7.15. The molecule has 0 spiro atoms. The standard InChI is InChI=1S/C16H21NO4S2/c18-16(9-13-5-8-23(19,20)12-13)17(10-14-3-1-6-21-14)11-15-4-2-7-22-15/h2,4-5,7-8,13-14H,1,3,6,9-12H2. The van der Waals surface area contributed by atoms with Crippen LogP contribution in [-0.2, 0) is 25.9 Å². The molecule has 23 heavy (non-hydrogen) atoms. The Morgan fingerprint density at radius 2 is 2.30 bits per heavy atom. The van der Waals surface area contributed by atoms with Crippen LogP contribution in [0.2, 0.25) is 0 Å². The molecule has 0 bridgehead atoms. The highest BCUT2D eigenvalue weighted by Crippen LogP contribution is 2.22. The van der Waals surface area contributed by atoms with Crippen LogP contribution in [0.25, 0.3) is 0 Å². The van der Waals surface area contributed by atoms with Gasteiger partial charge in [0.25, 0.3) is 0 Å². The Bertz CT molecular complexity index is 660. The second-order valence-corrected chi connectivity index (χ2v) is 9.07. The molecule has 126 valence electrons. The van der Waals surface area contributed by atoms with E-state index in [1.54, 1.807) is 17.4 Å². The van der Waals surface area contributed by atoms with Crippen molar-refractivity contribution in [1.29, 1.82) is 0 Å². The van der Waals surface area contributed by atoms with Crippen molar-refractivity contribution >= 4 is 27.1 Å². The molecule has 2 unspecified atom stereocenters. The lowest BCUT2D eigenvalue weighted by atomic mass is 10.1. The molecule has 5 nitrogen and oxygen atoms in total. The summed E-state index contributed by atoms with van der Waals surface area (Å²) >= 11 is 1.62. The summed E-state index contributed by atoms with van der Waals surface area (Å²) in [7, 11) is -3.11. The molecule has 1 aromatic heterocycles. The zero-order valence-electron chi connectivity index (χ0n) is 12.9. The third kappa shape index (κ3) is 4.65. The number of carbonyl (C=O) groups is 1. The van der Waals surface area contributed by atoms with Crippen molar-refractivity contribution in [1.82, 2.24) is 4.90 Å². The maximum atomic E-state index is 12.7. The van der Waals surface area contributed by atoms with E-state index >= 15 is 0 Å². The molecule has 1 aromatic rings. The highest BCUT2D eigenvalue weighted by molar-refractivity contribution is 7.94. The molecule has 3 rings (SSSR count). The highest BCUT2D eigenvalue weighted by Gasteiger charge is 2.28. The number of hydrogen-bond donors (Lipinski definition) is 0. The molecule has 0 radical (unpaired) electrons. The monoisotopic (exact) mass is 355 g/mol. The topological polar surface area (TPSA) is 63.7 Å². The number of allylic oxidation sites excluding steroid dienone is 1. The Morgan fingerprint density at radius 3 is 2.91 bits per heavy atom. The molecule has 2 aliphatic heterocycles. The Balaban J connectivity index is 1.63. The Hall–Kier alpha value is -1.18. The summed E-state index contributed by atoms with van der Waals surface area (Å²) in [6.45, 7) is 1.91. The molecule has 0 aliphatic carbocycles. The van der Waals surface area contributed by atoms with Crippen LogP contribution in [0, 0.1) is 5.92 Å². The fraction of sp³-hybridized carbons (Fsp3) is 0.562. The number of carbonyl (C=O) groups excluding carboxylic acids is 1. The largest absolute Gasteiger partial charge is 0.376 e. The number of thiophene rings is 1. The molecule has 0 N–H and O–H groups in total. The molecule has 2 aliphatic rings. The minimum absolute atomic E-state index is 0.000602. The quantitative estimate of drug-likeness (QED) is 0.785. The minimum atomic E-state index is -3.11. The SMILES string of the molecule is O=C(CC1C=CS(=O)(=O)C1)N(Cc1cccs1)CC1CCCO1. The fourth-order valence-electron chi connectivity index (χ4n) is 3.00. The van der Waals surface area contributed by atoms with Crippen molar-refractivity contribution in [3.8, 4) is 0 Å². The van der Waals surface area contributed by atoms with Crippen LogP contribution in [-0.4, -0.2) is 44.2 Å². The van der Waals surface area contributed by atoms with E-state index in [4.69, 9.17) is 4.74 Å². The van der Waals surface area contributed by atoms with Gasteiger partial charge in [-0.05, 0) is 24.3 Å². The molecule has 7 heteroatoms. The van der Waals surface area contributed by atoms with E-state index in [9.17, 15) is 13.2 Å². The normalized spacial score (nSPS) is 25.7. The average molecular weight is 355 g/mol. The smallest absolute Gasteiger partial charge is 0.223 e. The summed E-state index contributed by atoms with van der Waals surface area (Å²) in [5, 5.41) is 3.23. The van der Waals surface area contributed by atoms with Gasteiger partial charge >= 0.3 is 0 Å². The molecule has 0 saturated carbocycles. The van der Waals surface area contributed by atoms with Gasteiger partial charge in [0, 0.05) is 35.8 Å². The van der Waals surface area contributed by atoms with Gasteiger partial charge in [0.2, 0.25) is 5.91 Å². The zero-order chi connectivity index (χ0) is 16.3. The number of amides is 1. The van der Waals surface area contributed by atoms with Gasteiger partial charge in [0.1, 0.15) is 0 Å². The van der Waals surface area contributed by atoms with Crippen molar-refractivity contribution in [3.63, 3.8) is 0 Å². The molecular weight excluding hydrogens is 334 g/mol. The first-order chi connectivity index (χ1) is 11.0. The number of sulfone groups is 1. The van der Waals surface area contributed by atoms with Crippen LogP contribution in [0.3, 0.4) is 0 Å². The van der Waals surface area contributed by atoms with E-state index in [0.29, 0.717) is 13.1 Å². The lowest BCUT2D eigenvalue weighted by Crippen LogP contribution is -2.37. The van der Waals surface area contributed by atoms with Crippen molar-refractivity contribution in [2.24, 2.45) is 5.92 Å².